The molecule has 91 heavy (non-hydrogen) atoms. The van der Waals surface area contributed by atoms with Gasteiger partial charge in [-0.3, -0.25) is 52.7 Å². The molecule has 0 bridgehead atoms. The van der Waals surface area contributed by atoms with Gasteiger partial charge < -0.3 is 55.1 Å². The van der Waals surface area contributed by atoms with Gasteiger partial charge in [-0.15, -0.1) is 0 Å². The Kier molecular flexibility index (Phi) is 29.2. The van der Waals surface area contributed by atoms with Crippen molar-refractivity contribution in [3.05, 3.63) is 68.7 Å². The third-order valence-electron chi connectivity index (χ3n) is 17.3. The Balaban J connectivity index is 1.72. The largest absolute Gasteiger partial charge is 0.417 e. The maximum absolute atomic E-state index is 14.7. The van der Waals surface area contributed by atoms with Gasteiger partial charge in [0.15, 0.2) is 0 Å². The van der Waals surface area contributed by atoms with Crippen molar-refractivity contribution in [2.24, 2.45) is 17.8 Å². The summed E-state index contributed by atoms with van der Waals surface area (Å²) >= 11 is 9.48. The number of halogens is 5. The molecule has 22 nitrogen and oxygen atoms in total. The van der Waals surface area contributed by atoms with Crippen molar-refractivity contribution in [1.29, 1.82) is 0 Å². The maximum atomic E-state index is 14.7. The second kappa shape index (κ2) is 34.7. The Hall–Kier alpha value is -6.83. The average molecular weight is 1370 g/mol. The molecule has 3 N–H and O–H groups in total. The first kappa shape index (κ1) is 76.6. The summed E-state index contributed by atoms with van der Waals surface area (Å²) in [6, 6.07) is 2.67. The third-order valence-corrected chi connectivity index (χ3v) is 18.1. The van der Waals surface area contributed by atoms with Gasteiger partial charge in [-0.2, -0.15) is 13.2 Å². The number of aryl methyl sites for hydroxylation is 1. The van der Waals surface area contributed by atoms with Crippen LogP contribution in [0, 0.1) is 17.8 Å². The number of carbonyl (C=O) groups is 11. The zero-order valence-electron chi connectivity index (χ0n) is 55.1. The smallest absolute Gasteiger partial charge is 0.354 e. The van der Waals surface area contributed by atoms with E-state index in [1.165, 1.54) is 68.0 Å². The van der Waals surface area contributed by atoms with E-state index in [2.05, 4.69) is 31.9 Å². The molecule has 27 heteroatoms. The molecular formula is C64H94BrClF3N11O11. The number of likely N-dealkylation sites (N-methyl/N-ethyl adjacent to an activating group) is 7. The standard InChI is InChI=1S/C64H94BrClF3N11O11/c1-15-40(6)56-62(90)75(10)36-54(84)73(8)37-55(85)78(13)50(34-43-21-25-44(65)26-22-43)61(89)74(9)35-51(81)71-47(28-24-42-23-27-45(46(66)33-42)64(67,68)69)60(88)80-30-18-19-48(80)58(86)70-29-17-16-20-52(82)79(14)57(39(4)5)63(91)76(11)41(7)32-53(83)77(12)49(31-38(2)3)59(87)72-56/h21-23,25-27,33,38-41,47-50,56-57H,15-20,24,28-32,34-37H2,1-14H3,(H,70,86)(H,71,81)(H,72,87)/t40-,41+,47-,48-,49-,50-,56-,57-/m0/s1. The van der Waals surface area contributed by atoms with Gasteiger partial charge in [0.25, 0.3) is 0 Å². The van der Waals surface area contributed by atoms with Crippen LogP contribution in [-0.4, -0.2) is 229 Å². The van der Waals surface area contributed by atoms with Crippen molar-refractivity contribution in [2.75, 3.05) is 82.1 Å². The van der Waals surface area contributed by atoms with Crippen LogP contribution in [0.3, 0.4) is 0 Å². The number of benzene rings is 2. The Morgan fingerprint density at radius 1 is 0.648 bits per heavy atom. The second-order valence-electron chi connectivity index (χ2n) is 25.1. The maximum Gasteiger partial charge on any atom is 0.417 e. The molecule has 0 aliphatic carbocycles. The Morgan fingerprint density at radius 3 is 1.85 bits per heavy atom. The van der Waals surface area contributed by atoms with E-state index in [0.29, 0.717) is 36.8 Å². The Morgan fingerprint density at radius 2 is 1.25 bits per heavy atom. The fourth-order valence-corrected chi connectivity index (χ4v) is 11.7. The van der Waals surface area contributed by atoms with Crippen LogP contribution in [0.2, 0.25) is 5.02 Å². The van der Waals surface area contributed by atoms with Crippen molar-refractivity contribution < 1.29 is 65.9 Å². The first-order chi connectivity index (χ1) is 42.5. The summed E-state index contributed by atoms with van der Waals surface area (Å²) in [7, 11) is 9.99. The highest BCUT2D eigenvalue weighted by Crippen LogP contribution is 2.35. The van der Waals surface area contributed by atoms with Crippen LogP contribution in [0.1, 0.15) is 123 Å². The van der Waals surface area contributed by atoms with E-state index in [1.54, 1.807) is 59.0 Å². The molecule has 2 aliphatic rings. The molecule has 0 unspecified atom stereocenters. The molecule has 4 rings (SSSR count). The SMILES string of the molecule is CC[C@H](C)[C@@H]1NC(=O)[C@H](CC(C)C)N(C)C(=O)C[C@@H](C)N(C)C(=O)[C@H](C(C)C)N(C)C(=O)CCCCNC(=O)[C@@H]2CCCN2C(=O)[C@H](CCc2ccc(C(F)(F)F)c(Cl)c2)NC(=O)CN(C)C(=O)[C@H](Cc2ccc(Br)cc2)N(C)C(=O)CN(C)C(=O)CN(C)C1=O. The highest BCUT2D eigenvalue weighted by Gasteiger charge is 2.41. The number of nitrogens with one attached hydrogen (secondary N) is 3. The van der Waals surface area contributed by atoms with Gasteiger partial charge in [-0.05, 0) is 105 Å². The van der Waals surface area contributed by atoms with Crippen LogP contribution in [0.4, 0.5) is 13.2 Å². The number of hydrogen-bond donors (Lipinski definition) is 3. The molecule has 2 aromatic rings. The van der Waals surface area contributed by atoms with Crippen molar-refractivity contribution in [1.82, 2.24) is 55.1 Å². The number of rotatable bonds is 10. The van der Waals surface area contributed by atoms with E-state index >= 15 is 0 Å². The lowest BCUT2D eigenvalue weighted by Crippen LogP contribution is -2.58. The first-order valence-electron chi connectivity index (χ1n) is 31.1. The molecule has 2 heterocycles. The summed E-state index contributed by atoms with van der Waals surface area (Å²) in [5.41, 5.74) is -0.125. The normalized spacial score (nSPS) is 24.1. The lowest BCUT2D eigenvalue weighted by molar-refractivity contribution is -0.148. The van der Waals surface area contributed by atoms with Gasteiger partial charge in [-0.25, -0.2) is 0 Å². The number of amides is 11. The number of nitrogens with zero attached hydrogens (tertiary/aromatic N) is 8. The van der Waals surface area contributed by atoms with Gasteiger partial charge in [-0.1, -0.05) is 93.7 Å². The van der Waals surface area contributed by atoms with Crippen molar-refractivity contribution in [3.63, 3.8) is 0 Å². The predicted molar refractivity (Wildman–Crippen MR) is 341 cm³/mol. The summed E-state index contributed by atoms with van der Waals surface area (Å²) < 4.78 is 41.8. The molecule has 0 spiro atoms. The summed E-state index contributed by atoms with van der Waals surface area (Å²) in [6.07, 6.45) is -3.21. The topological polar surface area (TPSA) is 250 Å². The molecule has 2 saturated heterocycles. The second-order valence-corrected chi connectivity index (χ2v) is 26.4. The summed E-state index contributed by atoms with van der Waals surface area (Å²) in [4.78, 5) is 166. The van der Waals surface area contributed by atoms with E-state index in [-0.39, 0.29) is 75.8 Å². The number of fused-ring (bicyclic) bond motifs is 1. The van der Waals surface area contributed by atoms with Crippen LogP contribution in [-0.2, 0) is 71.8 Å². The van der Waals surface area contributed by atoms with Gasteiger partial charge in [0.2, 0.25) is 65.0 Å². The van der Waals surface area contributed by atoms with Crippen LogP contribution < -0.4 is 16.0 Å². The van der Waals surface area contributed by atoms with E-state index in [1.807, 2.05) is 20.8 Å². The van der Waals surface area contributed by atoms with Gasteiger partial charge in [0.1, 0.15) is 36.3 Å². The van der Waals surface area contributed by atoms with Crippen LogP contribution in [0.25, 0.3) is 0 Å². The van der Waals surface area contributed by atoms with Crippen molar-refractivity contribution in [3.8, 4) is 0 Å². The van der Waals surface area contributed by atoms with Crippen molar-refractivity contribution >= 4 is 92.5 Å². The zero-order valence-corrected chi connectivity index (χ0v) is 57.4. The number of alkyl halides is 3. The van der Waals surface area contributed by atoms with Gasteiger partial charge >= 0.3 is 6.18 Å². The van der Waals surface area contributed by atoms with E-state index < -0.39 is 144 Å². The Labute approximate surface area is 547 Å². The molecule has 506 valence electrons. The lowest BCUT2D eigenvalue weighted by atomic mass is 9.95. The van der Waals surface area contributed by atoms with Crippen molar-refractivity contribution in [2.45, 2.75) is 168 Å². The molecule has 2 fully saturated rings. The van der Waals surface area contributed by atoms with E-state index in [0.717, 1.165) is 36.2 Å². The number of carbonyl (C=O) groups excluding carboxylic acids is 11. The summed E-state index contributed by atoms with van der Waals surface area (Å²) in [5.74, 6) is -7.36. The minimum Gasteiger partial charge on any atom is -0.354 e. The molecule has 2 aliphatic heterocycles. The number of hydrogen-bond acceptors (Lipinski definition) is 11. The Bertz CT molecular complexity index is 2920. The highest BCUT2D eigenvalue weighted by atomic mass is 79.9. The lowest BCUT2D eigenvalue weighted by Gasteiger charge is -2.37. The molecule has 2 aromatic carbocycles. The van der Waals surface area contributed by atoms with Crippen LogP contribution in [0.15, 0.2) is 46.9 Å². The predicted octanol–water partition coefficient (Wildman–Crippen LogP) is 5.40. The third kappa shape index (κ3) is 21.6. The minimum atomic E-state index is -4.74. The van der Waals surface area contributed by atoms with Gasteiger partial charge in [0.05, 0.1) is 30.2 Å². The minimum absolute atomic E-state index is 0.0149. The van der Waals surface area contributed by atoms with E-state index in [9.17, 15) is 65.9 Å². The monoisotopic (exact) mass is 1360 g/mol. The van der Waals surface area contributed by atoms with Crippen LogP contribution >= 0.6 is 27.5 Å². The zero-order chi connectivity index (χ0) is 68.5. The molecule has 0 saturated carbocycles. The van der Waals surface area contributed by atoms with Gasteiger partial charge in [0, 0.05) is 92.2 Å². The van der Waals surface area contributed by atoms with E-state index in [4.69, 9.17) is 11.6 Å². The fourth-order valence-electron chi connectivity index (χ4n) is 11.2. The molecule has 8 atom stereocenters. The highest BCUT2D eigenvalue weighted by molar-refractivity contribution is 9.10. The quantitative estimate of drug-likeness (QED) is 0.272. The fraction of sp³-hybridized carbons (Fsp3) is 0.641. The molecule has 0 aromatic heterocycles. The summed E-state index contributed by atoms with van der Waals surface area (Å²) in [5, 5.41) is 7.87. The first-order valence-corrected chi connectivity index (χ1v) is 32.2. The average Bonchev–Trinajstić information content (AvgIpc) is 1.88. The summed E-state index contributed by atoms with van der Waals surface area (Å²) in [6.45, 7) is 11.2. The molecular weight excluding hydrogens is 1270 g/mol. The van der Waals surface area contributed by atoms with Crippen LogP contribution in [0.5, 0.6) is 0 Å². The molecule has 0 radical (unpaired) electrons. The molecule has 11 amide bonds.